The standard InChI is InChI=1S/C16H12BrFN4O2/c17-11-5-6-13(18)10(7-11)8-19-15(23)9-22-16(24)12-3-1-2-4-14(12)20-21-22/h1-7H,8-9H2,(H,19,23). The molecule has 0 aliphatic carbocycles. The smallest absolute Gasteiger partial charge is 0.278 e. The summed E-state index contributed by atoms with van der Waals surface area (Å²) in [7, 11) is 0. The summed E-state index contributed by atoms with van der Waals surface area (Å²) in [6, 6.07) is 11.2. The Bertz CT molecular complexity index is 974. The molecule has 24 heavy (non-hydrogen) atoms. The minimum Gasteiger partial charge on any atom is -0.350 e. The second kappa shape index (κ2) is 6.88. The van der Waals surface area contributed by atoms with E-state index in [1.165, 1.54) is 6.07 Å². The van der Waals surface area contributed by atoms with Gasteiger partial charge in [-0.05, 0) is 30.3 Å². The summed E-state index contributed by atoms with van der Waals surface area (Å²) < 4.78 is 15.3. The molecule has 0 radical (unpaired) electrons. The Kier molecular flexibility index (Phi) is 4.66. The van der Waals surface area contributed by atoms with Gasteiger partial charge in [-0.3, -0.25) is 9.59 Å². The number of amides is 1. The van der Waals surface area contributed by atoms with Crippen LogP contribution in [0.3, 0.4) is 0 Å². The molecule has 0 saturated carbocycles. The molecular formula is C16H12BrFN4O2. The molecule has 3 rings (SSSR count). The summed E-state index contributed by atoms with van der Waals surface area (Å²) in [6.45, 7) is -0.272. The maximum absolute atomic E-state index is 13.6. The van der Waals surface area contributed by atoms with Gasteiger partial charge in [0.15, 0.2) is 0 Å². The number of hydrogen-bond donors (Lipinski definition) is 1. The van der Waals surface area contributed by atoms with E-state index in [0.29, 0.717) is 20.9 Å². The van der Waals surface area contributed by atoms with E-state index in [0.717, 1.165) is 4.68 Å². The molecule has 6 nitrogen and oxygen atoms in total. The van der Waals surface area contributed by atoms with E-state index < -0.39 is 17.3 Å². The highest BCUT2D eigenvalue weighted by Crippen LogP contribution is 2.15. The monoisotopic (exact) mass is 390 g/mol. The van der Waals surface area contributed by atoms with Crippen LogP contribution in [0, 0.1) is 5.82 Å². The van der Waals surface area contributed by atoms with Gasteiger partial charge in [0.25, 0.3) is 5.56 Å². The lowest BCUT2D eigenvalue weighted by atomic mass is 10.2. The molecule has 1 heterocycles. The van der Waals surface area contributed by atoms with Crippen molar-refractivity contribution in [1.29, 1.82) is 0 Å². The van der Waals surface area contributed by atoms with Crippen LogP contribution in [0.1, 0.15) is 5.56 Å². The average Bonchev–Trinajstić information content (AvgIpc) is 2.58. The van der Waals surface area contributed by atoms with Crippen LogP contribution in [-0.2, 0) is 17.9 Å². The first-order valence-corrected chi connectivity index (χ1v) is 7.87. The van der Waals surface area contributed by atoms with Crippen LogP contribution in [0.15, 0.2) is 51.7 Å². The molecule has 0 aliphatic rings. The van der Waals surface area contributed by atoms with E-state index in [-0.39, 0.29) is 13.1 Å². The molecule has 0 unspecified atom stereocenters. The third-order valence-electron chi connectivity index (χ3n) is 3.41. The fraction of sp³-hybridized carbons (Fsp3) is 0.125. The fourth-order valence-corrected chi connectivity index (χ4v) is 2.60. The van der Waals surface area contributed by atoms with Crippen LogP contribution < -0.4 is 10.9 Å². The maximum Gasteiger partial charge on any atom is 0.278 e. The number of carbonyl (C=O) groups excluding carboxylic acids is 1. The summed E-state index contributed by atoms with van der Waals surface area (Å²) in [5.74, 6) is -0.873. The third-order valence-corrected chi connectivity index (χ3v) is 3.90. The van der Waals surface area contributed by atoms with Crippen molar-refractivity contribution in [3.8, 4) is 0 Å². The highest BCUT2D eigenvalue weighted by atomic mass is 79.9. The number of benzene rings is 2. The van der Waals surface area contributed by atoms with E-state index in [9.17, 15) is 14.0 Å². The summed E-state index contributed by atoms with van der Waals surface area (Å²) in [5, 5.41) is 10.6. The van der Waals surface area contributed by atoms with Gasteiger partial charge in [0.2, 0.25) is 5.91 Å². The van der Waals surface area contributed by atoms with Crippen molar-refractivity contribution in [3.63, 3.8) is 0 Å². The molecule has 122 valence electrons. The Labute approximate surface area is 144 Å². The number of aromatic nitrogens is 3. The first-order valence-electron chi connectivity index (χ1n) is 7.08. The highest BCUT2D eigenvalue weighted by Gasteiger charge is 2.10. The molecule has 0 aliphatic heterocycles. The Balaban J connectivity index is 1.72. The summed E-state index contributed by atoms with van der Waals surface area (Å²) >= 11 is 3.25. The van der Waals surface area contributed by atoms with Gasteiger partial charge in [-0.15, -0.1) is 5.10 Å². The van der Waals surface area contributed by atoms with Crippen LogP contribution >= 0.6 is 15.9 Å². The van der Waals surface area contributed by atoms with Gasteiger partial charge >= 0.3 is 0 Å². The van der Waals surface area contributed by atoms with Crippen molar-refractivity contribution in [2.24, 2.45) is 0 Å². The van der Waals surface area contributed by atoms with E-state index >= 15 is 0 Å². The van der Waals surface area contributed by atoms with E-state index in [2.05, 4.69) is 31.6 Å². The Morgan fingerprint density at radius 2 is 2.04 bits per heavy atom. The van der Waals surface area contributed by atoms with Gasteiger partial charge in [0.1, 0.15) is 17.9 Å². The largest absolute Gasteiger partial charge is 0.350 e. The topological polar surface area (TPSA) is 76.9 Å². The number of nitrogens with one attached hydrogen (secondary N) is 1. The van der Waals surface area contributed by atoms with Crippen LogP contribution in [0.5, 0.6) is 0 Å². The number of nitrogens with zero attached hydrogens (tertiary/aromatic N) is 3. The first-order chi connectivity index (χ1) is 11.5. The molecule has 0 spiro atoms. The molecular weight excluding hydrogens is 379 g/mol. The van der Waals surface area contributed by atoms with Crippen molar-refractivity contribution in [2.45, 2.75) is 13.1 Å². The quantitative estimate of drug-likeness (QED) is 0.738. The molecule has 0 bridgehead atoms. The van der Waals surface area contributed by atoms with Gasteiger partial charge in [0, 0.05) is 16.6 Å². The van der Waals surface area contributed by atoms with Crippen molar-refractivity contribution in [1.82, 2.24) is 20.3 Å². The summed E-state index contributed by atoms with van der Waals surface area (Å²) in [5.41, 5.74) is 0.411. The van der Waals surface area contributed by atoms with Gasteiger partial charge < -0.3 is 5.32 Å². The average molecular weight is 391 g/mol. The lowest BCUT2D eigenvalue weighted by Gasteiger charge is -2.08. The molecule has 1 N–H and O–H groups in total. The molecule has 8 heteroatoms. The van der Waals surface area contributed by atoms with Crippen LogP contribution in [0.25, 0.3) is 10.9 Å². The van der Waals surface area contributed by atoms with Crippen molar-refractivity contribution >= 4 is 32.7 Å². The Morgan fingerprint density at radius 1 is 1.25 bits per heavy atom. The second-order valence-corrected chi connectivity index (χ2v) is 6.00. The zero-order valence-electron chi connectivity index (χ0n) is 12.4. The molecule has 1 amide bonds. The molecule has 1 aromatic heterocycles. The number of fused-ring (bicyclic) bond motifs is 1. The van der Waals surface area contributed by atoms with Gasteiger partial charge in [0.05, 0.1) is 5.39 Å². The summed E-state index contributed by atoms with van der Waals surface area (Å²) in [4.78, 5) is 24.2. The van der Waals surface area contributed by atoms with Crippen molar-refractivity contribution < 1.29 is 9.18 Å². The van der Waals surface area contributed by atoms with Gasteiger partial charge in [-0.1, -0.05) is 33.3 Å². The van der Waals surface area contributed by atoms with Crippen LogP contribution in [-0.4, -0.2) is 20.9 Å². The van der Waals surface area contributed by atoms with E-state index in [4.69, 9.17) is 0 Å². The van der Waals surface area contributed by atoms with E-state index in [1.807, 2.05) is 0 Å². The van der Waals surface area contributed by atoms with Gasteiger partial charge in [-0.25, -0.2) is 9.07 Å². The number of hydrogen-bond acceptors (Lipinski definition) is 4. The minimum atomic E-state index is -0.457. The van der Waals surface area contributed by atoms with Crippen molar-refractivity contribution in [2.75, 3.05) is 0 Å². The number of rotatable bonds is 4. The molecule has 2 aromatic carbocycles. The lowest BCUT2D eigenvalue weighted by molar-refractivity contribution is -0.122. The highest BCUT2D eigenvalue weighted by molar-refractivity contribution is 9.10. The molecule has 0 saturated heterocycles. The van der Waals surface area contributed by atoms with Crippen molar-refractivity contribution in [3.05, 3.63) is 68.7 Å². The molecule has 0 atom stereocenters. The zero-order chi connectivity index (χ0) is 17.1. The third kappa shape index (κ3) is 3.48. The zero-order valence-corrected chi connectivity index (χ0v) is 14.0. The number of carbonyl (C=O) groups is 1. The number of halogens is 2. The van der Waals surface area contributed by atoms with E-state index in [1.54, 1.807) is 36.4 Å². The Morgan fingerprint density at radius 3 is 2.88 bits per heavy atom. The predicted molar refractivity (Wildman–Crippen MR) is 89.7 cm³/mol. The van der Waals surface area contributed by atoms with Crippen LogP contribution in [0.2, 0.25) is 0 Å². The minimum absolute atomic E-state index is 0.0138. The van der Waals surface area contributed by atoms with Gasteiger partial charge in [-0.2, -0.15) is 0 Å². The maximum atomic E-state index is 13.6. The first kappa shape index (κ1) is 16.3. The normalized spacial score (nSPS) is 10.8. The lowest BCUT2D eigenvalue weighted by Crippen LogP contribution is -2.34. The SMILES string of the molecule is O=C(Cn1nnc2ccccc2c1=O)NCc1cc(Br)ccc1F. The van der Waals surface area contributed by atoms with Crippen LogP contribution in [0.4, 0.5) is 4.39 Å². The summed E-state index contributed by atoms with van der Waals surface area (Å²) in [6.07, 6.45) is 0. The molecule has 0 fully saturated rings. The fourth-order valence-electron chi connectivity index (χ4n) is 2.19. The molecule has 3 aromatic rings. The Hall–Kier alpha value is -2.61. The second-order valence-electron chi connectivity index (χ2n) is 5.08. The predicted octanol–water partition coefficient (Wildman–Crippen LogP) is 2.01.